The Morgan fingerprint density at radius 3 is 1.20 bits per heavy atom. The molecule has 0 saturated carbocycles. The molecule has 0 fully saturated rings. The smallest absolute Gasteiger partial charge is 0.434 e. The Kier molecular flexibility index (Phi) is 33.8. The van der Waals surface area contributed by atoms with E-state index in [2.05, 4.69) is 26.0 Å². The van der Waals surface area contributed by atoms with Crippen molar-refractivity contribution in [3.63, 3.8) is 0 Å². The van der Waals surface area contributed by atoms with E-state index in [0.717, 1.165) is 32.1 Å². The zero-order valence-electron chi connectivity index (χ0n) is 27.7. The lowest BCUT2D eigenvalue weighted by molar-refractivity contribution is -0.139. The van der Waals surface area contributed by atoms with Crippen LogP contribution in [-0.2, 0) is 14.3 Å². The van der Waals surface area contributed by atoms with Crippen molar-refractivity contribution in [1.82, 2.24) is 0 Å². The van der Waals surface area contributed by atoms with Crippen molar-refractivity contribution < 1.29 is 19.1 Å². The fraction of sp³-hybridized carbons (Fsp3) is 0.892. The molecule has 0 aromatic carbocycles. The SMILES string of the molecule is CCCCCCCCC=CCCCCCCCCCCCC(=O)OC(=O)OCCCCCCCCCCCCCC. The second-order valence-corrected chi connectivity index (χ2v) is 12.2. The van der Waals surface area contributed by atoms with E-state index in [0.29, 0.717) is 13.0 Å². The van der Waals surface area contributed by atoms with Crippen LogP contribution in [0.4, 0.5) is 4.79 Å². The Bertz CT molecular complexity index is 571. The molecule has 0 aliphatic rings. The monoisotopic (exact) mass is 579 g/mol. The van der Waals surface area contributed by atoms with Gasteiger partial charge in [-0.1, -0.05) is 174 Å². The number of unbranched alkanes of at least 4 members (excludes halogenated alkanes) is 26. The predicted octanol–water partition coefficient (Wildman–Crippen LogP) is 13.0. The molecule has 0 aliphatic carbocycles. The molecular formula is C37H70O4. The topological polar surface area (TPSA) is 52.6 Å². The predicted molar refractivity (Wildman–Crippen MR) is 176 cm³/mol. The van der Waals surface area contributed by atoms with Gasteiger partial charge in [0.25, 0.3) is 0 Å². The third-order valence-electron chi connectivity index (χ3n) is 8.06. The van der Waals surface area contributed by atoms with Crippen molar-refractivity contribution in [2.24, 2.45) is 0 Å². The van der Waals surface area contributed by atoms with E-state index in [4.69, 9.17) is 9.47 Å². The van der Waals surface area contributed by atoms with E-state index in [-0.39, 0.29) is 0 Å². The van der Waals surface area contributed by atoms with E-state index in [1.165, 1.54) is 154 Å². The standard InChI is InChI=1S/C37H70O4/c1-3-5-7-9-11-13-15-17-18-19-20-21-22-23-24-26-28-30-32-34-36(38)41-37(39)40-35-33-31-29-27-25-16-14-12-10-8-6-4-2/h17-18H,3-16,19-35H2,1-2H3. The van der Waals surface area contributed by atoms with Gasteiger partial charge in [0, 0.05) is 6.42 Å². The largest absolute Gasteiger partial charge is 0.516 e. The van der Waals surface area contributed by atoms with Gasteiger partial charge in [0.2, 0.25) is 0 Å². The second-order valence-electron chi connectivity index (χ2n) is 12.2. The zero-order valence-corrected chi connectivity index (χ0v) is 27.7. The summed E-state index contributed by atoms with van der Waals surface area (Å²) in [7, 11) is 0. The Balaban J connectivity index is 3.30. The molecule has 0 aliphatic heterocycles. The summed E-state index contributed by atoms with van der Waals surface area (Å²) in [6.45, 7) is 4.88. The summed E-state index contributed by atoms with van der Waals surface area (Å²) in [5.74, 6) is -0.453. The first-order chi connectivity index (χ1) is 20.2. The first-order valence-electron chi connectivity index (χ1n) is 18.2. The molecule has 4 heteroatoms. The lowest BCUT2D eigenvalue weighted by Gasteiger charge is -2.06. The highest BCUT2D eigenvalue weighted by Crippen LogP contribution is 2.14. The molecule has 0 aromatic rings. The molecule has 41 heavy (non-hydrogen) atoms. The first-order valence-corrected chi connectivity index (χ1v) is 18.2. The molecule has 0 unspecified atom stereocenters. The molecule has 4 nitrogen and oxygen atoms in total. The maximum Gasteiger partial charge on any atom is 0.516 e. The van der Waals surface area contributed by atoms with Gasteiger partial charge in [0.15, 0.2) is 0 Å². The molecule has 0 N–H and O–H groups in total. The maximum absolute atomic E-state index is 11.8. The summed E-state index contributed by atoms with van der Waals surface area (Å²) in [4.78, 5) is 23.5. The van der Waals surface area contributed by atoms with Crippen LogP contribution in [0.25, 0.3) is 0 Å². The Morgan fingerprint density at radius 1 is 0.439 bits per heavy atom. The Labute approximate surface area is 256 Å². The quantitative estimate of drug-likeness (QED) is 0.0345. The van der Waals surface area contributed by atoms with Crippen molar-refractivity contribution >= 4 is 12.1 Å². The van der Waals surface area contributed by atoms with Gasteiger partial charge in [-0.25, -0.2) is 4.79 Å². The van der Waals surface area contributed by atoms with Crippen LogP contribution in [0.5, 0.6) is 0 Å². The zero-order chi connectivity index (χ0) is 29.9. The summed E-state index contributed by atoms with van der Waals surface area (Å²) < 4.78 is 9.85. The minimum Gasteiger partial charge on any atom is -0.434 e. The van der Waals surface area contributed by atoms with Gasteiger partial charge in [0.05, 0.1) is 6.61 Å². The number of allylic oxidation sites excluding steroid dienone is 2. The highest BCUT2D eigenvalue weighted by Gasteiger charge is 2.11. The molecule has 0 heterocycles. The number of carbonyl (C=O) groups is 2. The number of hydrogen-bond donors (Lipinski definition) is 0. The number of carbonyl (C=O) groups excluding carboxylic acids is 2. The van der Waals surface area contributed by atoms with Crippen LogP contribution in [0.1, 0.15) is 206 Å². The molecule has 0 radical (unpaired) electrons. The highest BCUT2D eigenvalue weighted by atomic mass is 16.7. The van der Waals surface area contributed by atoms with Crippen LogP contribution in [-0.4, -0.2) is 18.7 Å². The normalized spacial score (nSPS) is 11.4. The van der Waals surface area contributed by atoms with Gasteiger partial charge in [-0.3, -0.25) is 4.79 Å². The fourth-order valence-corrected chi connectivity index (χ4v) is 5.32. The Hall–Kier alpha value is -1.32. The third-order valence-corrected chi connectivity index (χ3v) is 8.06. The first kappa shape index (κ1) is 39.7. The van der Waals surface area contributed by atoms with E-state index >= 15 is 0 Å². The molecule has 0 spiro atoms. The van der Waals surface area contributed by atoms with E-state index < -0.39 is 12.1 Å². The second kappa shape index (κ2) is 34.9. The molecule has 242 valence electrons. The summed E-state index contributed by atoms with van der Waals surface area (Å²) in [5.41, 5.74) is 0. The Morgan fingerprint density at radius 2 is 0.780 bits per heavy atom. The van der Waals surface area contributed by atoms with Crippen molar-refractivity contribution in [3.8, 4) is 0 Å². The van der Waals surface area contributed by atoms with Gasteiger partial charge in [-0.05, 0) is 38.5 Å². The third kappa shape index (κ3) is 34.8. The minimum absolute atomic E-state index is 0.306. The van der Waals surface area contributed by atoms with Crippen molar-refractivity contribution in [2.45, 2.75) is 206 Å². The summed E-state index contributed by atoms with van der Waals surface area (Å²) in [5, 5.41) is 0. The molecular weight excluding hydrogens is 508 g/mol. The van der Waals surface area contributed by atoms with Crippen molar-refractivity contribution in [2.75, 3.05) is 6.61 Å². The number of esters is 1. The van der Waals surface area contributed by atoms with Crippen LogP contribution in [0.3, 0.4) is 0 Å². The van der Waals surface area contributed by atoms with Crippen LogP contribution in [0.2, 0.25) is 0 Å². The molecule has 0 atom stereocenters. The van der Waals surface area contributed by atoms with E-state index in [9.17, 15) is 9.59 Å². The van der Waals surface area contributed by atoms with Crippen LogP contribution >= 0.6 is 0 Å². The number of rotatable bonds is 32. The van der Waals surface area contributed by atoms with Crippen molar-refractivity contribution in [3.05, 3.63) is 12.2 Å². The van der Waals surface area contributed by atoms with E-state index in [1.54, 1.807) is 0 Å². The summed E-state index contributed by atoms with van der Waals surface area (Å²) in [6, 6.07) is 0. The van der Waals surface area contributed by atoms with Gasteiger partial charge < -0.3 is 9.47 Å². The molecule has 0 amide bonds. The molecule has 0 saturated heterocycles. The lowest BCUT2D eigenvalue weighted by Crippen LogP contribution is -2.14. The van der Waals surface area contributed by atoms with Crippen LogP contribution in [0.15, 0.2) is 12.2 Å². The van der Waals surface area contributed by atoms with Gasteiger partial charge >= 0.3 is 12.1 Å². The summed E-state index contributed by atoms with van der Waals surface area (Å²) >= 11 is 0. The molecule has 0 bridgehead atoms. The average Bonchev–Trinajstić information content (AvgIpc) is 2.96. The van der Waals surface area contributed by atoms with Gasteiger partial charge in [0.1, 0.15) is 0 Å². The molecule has 0 rings (SSSR count). The van der Waals surface area contributed by atoms with E-state index in [1.807, 2.05) is 0 Å². The maximum atomic E-state index is 11.8. The number of hydrogen-bond acceptors (Lipinski definition) is 4. The highest BCUT2D eigenvalue weighted by molar-refractivity contribution is 5.81. The van der Waals surface area contributed by atoms with Crippen molar-refractivity contribution in [1.29, 1.82) is 0 Å². The summed E-state index contributed by atoms with van der Waals surface area (Å²) in [6.07, 6.45) is 41.0. The van der Waals surface area contributed by atoms with Gasteiger partial charge in [-0.15, -0.1) is 0 Å². The lowest BCUT2D eigenvalue weighted by atomic mass is 10.1. The van der Waals surface area contributed by atoms with Crippen LogP contribution in [0, 0.1) is 0 Å². The van der Waals surface area contributed by atoms with Gasteiger partial charge in [-0.2, -0.15) is 0 Å². The van der Waals surface area contributed by atoms with Crippen LogP contribution < -0.4 is 0 Å². The molecule has 0 aromatic heterocycles. The average molecular weight is 579 g/mol. The minimum atomic E-state index is -0.827. The number of ether oxygens (including phenoxy) is 2. The fourth-order valence-electron chi connectivity index (χ4n) is 5.32.